The van der Waals surface area contributed by atoms with Crippen LogP contribution in [0, 0.1) is 0 Å². The van der Waals surface area contributed by atoms with Crippen LogP contribution in [0.5, 0.6) is 0 Å². The molecule has 1 aromatic carbocycles. The predicted octanol–water partition coefficient (Wildman–Crippen LogP) is 1.23. The maximum absolute atomic E-state index is 11.9. The average Bonchev–Trinajstić information content (AvgIpc) is 3.01. The fourth-order valence-corrected chi connectivity index (χ4v) is 2.58. The van der Waals surface area contributed by atoms with Gasteiger partial charge in [0, 0.05) is 30.5 Å². The molecule has 124 valence electrons. The number of nitrogens with two attached hydrogens (primary N) is 1. The first-order valence-corrected chi connectivity index (χ1v) is 7.84. The van der Waals surface area contributed by atoms with Crippen molar-refractivity contribution in [3.63, 3.8) is 0 Å². The van der Waals surface area contributed by atoms with Gasteiger partial charge in [0.25, 0.3) is 11.8 Å². The quantitative estimate of drug-likeness (QED) is 0.651. The second-order valence-electron chi connectivity index (χ2n) is 4.54. The van der Waals surface area contributed by atoms with Crippen molar-refractivity contribution in [2.45, 2.75) is 6.42 Å². The first-order chi connectivity index (χ1) is 10.7. The molecule has 1 heterocycles. The Kier molecular flexibility index (Phi) is 8.25. The van der Waals surface area contributed by atoms with E-state index < -0.39 is 0 Å². The number of hydrogen-bond acceptors (Lipinski definition) is 5. The minimum Gasteiger partial charge on any atom is -0.350 e. The Morgan fingerprint density at radius 1 is 1.09 bits per heavy atom. The lowest BCUT2D eigenvalue weighted by atomic mass is 10.2. The van der Waals surface area contributed by atoms with Gasteiger partial charge in [0.2, 0.25) is 0 Å². The van der Waals surface area contributed by atoms with Crippen molar-refractivity contribution in [3.8, 4) is 0 Å². The highest BCUT2D eigenvalue weighted by Gasteiger charge is 2.10. The molecule has 0 spiro atoms. The Bertz CT molecular complexity index is 633. The lowest BCUT2D eigenvalue weighted by Crippen LogP contribution is -2.34. The molecule has 1 aromatic heterocycles. The number of halogens is 1. The van der Waals surface area contributed by atoms with E-state index in [9.17, 15) is 9.59 Å². The molecule has 0 radical (unpaired) electrons. The number of nitrogens with one attached hydrogen (secondary N) is 2. The van der Waals surface area contributed by atoms with E-state index in [4.69, 9.17) is 5.73 Å². The molecule has 0 saturated carbocycles. The van der Waals surface area contributed by atoms with Crippen molar-refractivity contribution >= 4 is 35.6 Å². The largest absolute Gasteiger partial charge is 0.350 e. The van der Waals surface area contributed by atoms with Gasteiger partial charge in [-0.25, -0.2) is 4.98 Å². The number of nitrogens with zero attached hydrogens (tertiary/aromatic N) is 1. The molecule has 2 amide bonds. The van der Waals surface area contributed by atoms with Gasteiger partial charge in [0.05, 0.1) is 5.01 Å². The lowest BCUT2D eigenvalue weighted by molar-refractivity contribution is 0.0925. The van der Waals surface area contributed by atoms with E-state index in [0.717, 1.165) is 5.01 Å². The fraction of sp³-hybridized carbons (Fsp3) is 0.267. The summed E-state index contributed by atoms with van der Waals surface area (Å²) in [5.74, 6) is -0.401. The minimum atomic E-state index is -0.242. The first kappa shape index (κ1) is 19.1. The standard InChI is InChI=1S/C15H18N4O2S.ClH/c16-7-6-13-19-12(10-22-13)15(21)18-9-8-17-14(20)11-4-2-1-3-5-11;/h1-5,10H,6-9,16H2,(H,17,20)(H,18,21);1H. The summed E-state index contributed by atoms with van der Waals surface area (Å²) in [6.07, 6.45) is 0.672. The summed E-state index contributed by atoms with van der Waals surface area (Å²) in [7, 11) is 0. The molecule has 0 aliphatic carbocycles. The van der Waals surface area contributed by atoms with E-state index in [1.165, 1.54) is 11.3 Å². The molecule has 6 nitrogen and oxygen atoms in total. The molecule has 0 aliphatic rings. The monoisotopic (exact) mass is 354 g/mol. The predicted molar refractivity (Wildman–Crippen MR) is 93.2 cm³/mol. The summed E-state index contributed by atoms with van der Waals surface area (Å²) in [4.78, 5) is 27.9. The number of aromatic nitrogens is 1. The number of benzene rings is 1. The fourth-order valence-electron chi connectivity index (χ4n) is 1.79. The lowest BCUT2D eigenvalue weighted by Gasteiger charge is -2.06. The zero-order valence-electron chi connectivity index (χ0n) is 12.5. The average molecular weight is 355 g/mol. The number of rotatable bonds is 7. The number of carbonyl (C=O) groups excluding carboxylic acids is 2. The number of amides is 2. The Hall–Kier alpha value is -1.96. The summed E-state index contributed by atoms with van der Waals surface area (Å²) >= 11 is 1.42. The number of carbonyl (C=O) groups is 2. The first-order valence-electron chi connectivity index (χ1n) is 6.96. The molecule has 4 N–H and O–H groups in total. The van der Waals surface area contributed by atoms with Gasteiger partial charge in [-0.05, 0) is 18.7 Å². The summed E-state index contributed by atoms with van der Waals surface area (Å²) in [6.45, 7) is 1.22. The number of hydrogen-bond donors (Lipinski definition) is 3. The highest BCUT2D eigenvalue weighted by Crippen LogP contribution is 2.09. The maximum Gasteiger partial charge on any atom is 0.270 e. The van der Waals surface area contributed by atoms with E-state index in [0.29, 0.717) is 37.3 Å². The van der Waals surface area contributed by atoms with Crippen LogP contribution in [0.25, 0.3) is 0 Å². The van der Waals surface area contributed by atoms with Crippen LogP contribution in [0.3, 0.4) is 0 Å². The normalized spacial score (nSPS) is 9.78. The van der Waals surface area contributed by atoms with Gasteiger partial charge in [-0.2, -0.15) is 0 Å². The van der Waals surface area contributed by atoms with Crippen LogP contribution in [-0.4, -0.2) is 36.4 Å². The molecule has 2 rings (SSSR count). The van der Waals surface area contributed by atoms with Gasteiger partial charge >= 0.3 is 0 Å². The number of thiazole rings is 1. The summed E-state index contributed by atoms with van der Waals surface area (Å²) in [5, 5.41) is 8.03. The van der Waals surface area contributed by atoms with E-state index in [1.54, 1.807) is 29.6 Å². The Morgan fingerprint density at radius 3 is 2.39 bits per heavy atom. The third-order valence-corrected chi connectivity index (χ3v) is 3.78. The minimum absolute atomic E-state index is 0. The van der Waals surface area contributed by atoms with Crippen molar-refractivity contribution in [3.05, 3.63) is 52.0 Å². The van der Waals surface area contributed by atoms with Crippen LogP contribution >= 0.6 is 23.7 Å². The summed E-state index contributed by atoms with van der Waals surface area (Å²) in [5.41, 5.74) is 6.43. The SMILES string of the molecule is Cl.NCCc1nc(C(=O)NCCNC(=O)c2ccccc2)cs1. The topological polar surface area (TPSA) is 97.1 Å². The molecule has 2 aromatic rings. The van der Waals surface area contributed by atoms with Crippen LogP contribution in [0.4, 0.5) is 0 Å². The van der Waals surface area contributed by atoms with Gasteiger partial charge in [-0.15, -0.1) is 23.7 Å². The van der Waals surface area contributed by atoms with Crippen molar-refractivity contribution < 1.29 is 9.59 Å². The van der Waals surface area contributed by atoms with E-state index in [2.05, 4.69) is 15.6 Å². The molecule has 0 saturated heterocycles. The smallest absolute Gasteiger partial charge is 0.270 e. The zero-order valence-corrected chi connectivity index (χ0v) is 14.1. The van der Waals surface area contributed by atoms with Gasteiger partial charge in [0.15, 0.2) is 0 Å². The van der Waals surface area contributed by atoms with Gasteiger partial charge in [0.1, 0.15) is 5.69 Å². The third kappa shape index (κ3) is 5.97. The second-order valence-corrected chi connectivity index (χ2v) is 5.49. The van der Waals surface area contributed by atoms with Crippen LogP contribution < -0.4 is 16.4 Å². The molecule has 0 atom stereocenters. The highest BCUT2D eigenvalue weighted by molar-refractivity contribution is 7.09. The Balaban J connectivity index is 0.00000264. The van der Waals surface area contributed by atoms with Gasteiger partial charge in [-0.3, -0.25) is 9.59 Å². The van der Waals surface area contributed by atoms with E-state index in [-0.39, 0.29) is 24.2 Å². The molecular weight excluding hydrogens is 336 g/mol. The highest BCUT2D eigenvalue weighted by atomic mass is 35.5. The Morgan fingerprint density at radius 2 is 1.74 bits per heavy atom. The van der Waals surface area contributed by atoms with Crippen molar-refractivity contribution in [1.82, 2.24) is 15.6 Å². The molecule has 0 bridgehead atoms. The molecule has 23 heavy (non-hydrogen) atoms. The van der Waals surface area contributed by atoms with Gasteiger partial charge in [-0.1, -0.05) is 18.2 Å². The van der Waals surface area contributed by atoms with Crippen LogP contribution in [0.2, 0.25) is 0 Å². The molecule has 0 fully saturated rings. The summed E-state index contributed by atoms with van der Waals surface area (Å²) in [6, 6.07) is 8.93. The maximum atomic E-state index is 11.9. The molecule has 8 heteroatoms. The van der Waals surface area contributed by atoms with Crippen molar-refractivity contribution in [2.75, 3.05) is 19.6 Å². The van der Waals surface area contributed by atoms with E-state index >= 15 is 0 Å². The molecule has 0 aliphatic heterocycles. The van der Waals surface area contributed by atoms with Crippen molar-refractivity contribution in [2.24, 2.45) is 5.73 Å². The van der Waals surface area contributed by atoms with Gasteiger partial charge < -0.3 is 16.4 Å². The third-order valence-electron chi connectivity index (χ3n) is 2.87. The van der Waals surface area contributed by atoms with Crippen molar-refractivity contribution in [1.29, 1.82) is 0 Å². The zero-order chi connectivity index (χ0) is 15.8. The summed E-state index contributed by atoms with van der Waals surface area (Å²) < 4.78 is 0. The van der Waals surface area contributed by atoms with Crippen LogP contribution in [0.15, 0.2) is 35.7 Å². The molecular formula is C15H19ClN4O2S. The second kappa shape index (κ2) is 9.94. The van der Waals surface area contributed by atoms with Crippen LogP contribution in [-0.2, 0) is 6.42 Å². The Labute approximate surface area is 144 Å². The van der Waals surface area contributed by atoms with E-state index in [1.807, 2.05) is 6.07 Å². The van der Waals surface area contributed by atoms with Crippen LogP contribution in [0.1, 0.15) is 25.9 Å². The molecule has 0 unspecified atom stereocenters.